The normalized spacial score (nSPS) is 20.5. The fourth-order valence-electron chi connectivity index (χ4n) is 3.00. The number of hydrogen-bond donors (Lipinski definition) is 3. The maximum absolute atomic E-state index is 12.2. The van der Waals surface area contributed by atoms with Gasteiger partial charge in [-0.15, -0.1) is 11.3 Å². The van der Waals surface area contributed by atoms with E-state index in [1.54, 1.807) is 41.8 Å². The van der Waals surface area contributed by atoms with Gasteiger partial charge in [-0.1, -0.05) is 18.2 Å². The first-order valence-electron chi connectivity index (χ1n) is 8.55. The van der Waals surface area contributed by atoms with Gasteiger partial charge in [-0.2, -0.15) is 0 Å². The minimum atomic E-state index is -3.56. The highest BCUT2D eigenvalue weighted by Gasteiger charge is 2.21. The van der Waals surface area contributed by atoms with Crippen LogP contribution in [0.3, 0.4) is 0 Å². The Balaban J connectivity index is 1.53. The maximum Gasteiger partial charge on any atom is 0.271 e. The van der Waals surface area contributed by atoms with Crippen LogP contribution in [0.4, 0.5) is 5.69 Å². The predicted molar refractivity (Wildman–Crippen MR) is 102 cm³/mol. The van der Waals surface area contributed by atoms with E-state index < -0.39 is 10.0 Å². The summed E-state index contributed by atoms with van der Waals surface area (Å²) in [6.07, 6.45) is 3.06. The predicted octanol–water partition coefficient (Wildman–Crippen LogP) is 2.51. The Morgan fingerprint density at radius 2 is 1.81 bits per heavy atom. The Morgan fingerprint density at radius 1 is 1.12 bits per heavy atom. The number of nitrogens with one attached hydrogen (secondary N) is 2. The fourth-order valence-corrected chi connectivity index (χ4v) is 5.05. The summed E-state index contributed by atoms with van der Waals surface area (Å²) in [5, 5.41) is 14.2. The van der Waals surface area contributed by atoms with Crippen LogP contribution in [-0.4, -0.2) is 31.6 Å². The van der Waals surface area contributed by atoms with Crippen molar-refractivity contribution in [2.24, 2.45) is 0 Å². The molecule has 8 heteroatoms. The Labute approximate surface area is 157 Å². The third-order valence-electron chi connectivity index (χ3n) is 4.39. The van der Waals surface area contributed by atoms with Crippen LogP contribution in [0.5, 0.6) is 0 Å². The molecule has 3 rings (SSSR count). The van der Waals surface area contributed by atoms with Crippen LogP contribution in [0.2, 0.25) is 0 Å². The molecule has 1 fully saturated rings. The number of thiophene rings is 1. The summed E-state index contributed by atoms with van der Waals surface area (Å²) in [5.74, 6) is -0.0571. The largest absolute Gasteiger partial charge is 0.393 e. The van der Waals surface area contributed by atoms with Crippen LogP contribution >= 0.6 is 11.3 Å². The number of rotatable bonds is 6. The van der Waals surface area contributed by atoms with Gasteiger partial charge in [0.1, 0.15) is 4.21 Å². The molecule has 2 aromatic rings. The molecule has 1 amide bonds. The summed E-state index contributed by atoms with van der Waals surface area (Å²) >= 11 is 1.16. The van der Waals surface area contributed by atoms with Gasteiger partial charge >= 0.3 is 0 Å². The van der Waals surface area contributed by atoms with E-state index in [9.17, 15) is 18.3 Å². The number of sulfonamides is 1. The van der Waals surface area contributed by atoms with E-state index in [2.05, 4.69) is 10.0 Å². The molecule has 0 atom stereocenters. The number of benzene rings is 1. The van der Waals surface area contributed by atoms with Crippen LogP contribution in [0.15, 0.2) is 46.0 Å². The van der Waals surface area contributed by atoms with Crippen molar-refractivity contribution in [1.82, 2.24) is 5.32 Å². The van der Waals surface area contributed by atoms with E-state index in [0.29, 0.717) is 5.69 Å². The van der Waals surface area contributed by atoms with Crippen molar-refractivity contribution in [3.63, 3.8) is 0 Å². The van der Waals surface area contributed by atoms with Crippen molar-refractivity contribution in [2.45, 2.75) is 48.5 Å². The van der Waals surface area contributed by atoms with E-state index in [1.165, 1.54) is 0 Å². The highest BCUT2D eigenvalue weighted by molar-refractivity contribution is 7.94. The second-order valence-corrected chi connectivity index (χ2v) is 9.34. The van der Waals surface area contributed by atoms with Crippen molar-refractivity contribution >= 4 is 33.0 Å². The van der Waals surface area contributed by atoms with Gasteiger partial charge in [0.2, 0.25) is 5.91 Å². The highest BCUT2D eigenvalue weighted by Crippen LogP contribution is 2.21. The van der Waals surface area contributed by atoms with E-state index >= 15 is 0 Å². The minimum absolute atomic E-state index is 0.0571. The Hall–Kier alpha value is -1.90. The molecular formula is C18H22N2O4S2. The first-order chi connectivity index (χ1) is 12.4. The van der Waals surface area contributed by atoms with E-state index in [0.717, 1.165) is 42.6 Å². The lowest BCUT2D eigenvalue weighted by atomic mass is 9.93. The molecule has 1 aromatic carbocycles. The van der Waals surface area contributed by atoms with E-state index in [1.807, 2.05) is 0 Å². The van der Waals surface area contributed by atoms with Crippen molar-refractivity contribution < 1.29 is 18.3 Å². The number of carbonyl (C=O) groups is 1. The molecule has 0 aliphatic heterocycles. The van der Waals surface area contributed by atoms with Gasteiger partial charge < -0.3 is 10.4 Å². The standard InChI is InChI=1S/C18H22N2O4S2/c21-16-9-7-14(8-10-16)19-17(22)12-13-3-5-15(6-4-13)20-26(23,24)18-2-1-11-25-18/h1-6,11,14,16,20-21H,7-10,12H2,(H,19,22). The summed E-state index contributed by atoms with van der Waals surface area (Å²) in [7, 11) is -3.56. The molecule has 1 heterocycles. The Kier molecular flexibility index (Phi) is 5.95. The lowest BCUT2D eigenvalue weighted by molar-refractivity contribution is -0.121. The number of aliphatic hydroxyl groups is 1. The SMILES string of the molecule is O=C(Cc1ccc(NS(=O)(=O)c2cccs2)cc1)NC1CCC(O)CC1. The van der Waals surface area contributed by atoms with Gasteiger partial charge in [-0.3, -0.25) is 9.52 Å². The monoisotopic (exact) mass is 394 g/mol. The molecule has 1 aromatic heterocycles. The van der Waals surface area contributed by atoms with Crippen LogP contribution in [0.25, 0.3) is 0 Å². The molecule has 1 aliphatic carbocycles. The summed E-state index contributed by atoms with van der Waals surface area (Å²) in [6.45, 7) is 0. The molecule has 0 saturated heterocycles. The summed E-state index contributed by atoms with van der Waals surface area (Å²) in [5.41, 5.74) is 1.28. The highest BCUT2D eigenvalue weighted by atomic mass is 32.2. The Bertz CT molecular complexity index is 825. The Morgan fingerprint density at radius 3 is 2.42 bits per heavy atom. The fraction of sp³-hybridized carbons (Fsp3) is 0.389. The molecule has 3 N–H and O–H groups in total. The molecule has 0 bridgehead atoms. The average molecular weight is 395 g/mol. The molecule has 0 spiro atoms. The molecular weight excluding hydrogens is 372 g/mol. The van der Waals surface area contributed by atoms with Gasteiger partial charge in [0.15, 0.2) is 0 Å². The lowest BCUT2D eigenvalue weighted by Crippen LogP contribution is -2.39. The zero-order valence-electron chi connectivity index (χ0n) is 14.2. The summed E-state index contributed by atoms with van der Waals surface area (Å²) in [4.78, 5) is 12.1. The molecule has 1 aliphatic rings. The molecule has 6 nitrogen and oxygen atoms in total. The minimum Gasteiger partial charge on any atom is -0.393 e. The zero-order chi connectivity index (χ0) is 18.6. The molecule has 1 saturated carbocycles. The van der Waals surface area contributed by atoms with Crippen molar-refractivity contribution in [2.75, 3.05) is 4.72 Å². The quantitative estimate of drug-likeness (QED) is 0.701. The summed E-state index contributed by atoms with van der Waals surface area (Å²) in [6, 6.07) is 10.2. The number of anilines is 1. The van der Waals surface area contributed by atoms with Gasteiger partial charge in [-0.25, -0.2) is 8.42 Å². The number of hydrogen-bond acceptors (Lipinski definition) is 5. The van der Waals surface area contributed by atoms with E-state index in [4.69, 9.17) is 0 Å². The van der Waals surface area contributed by atoms with Crippen LogP contribution < -0.4 is 10.0 Å². The second kappa shape index (κ2) is 8.20. The molecule has 0 unspecified atom stereocenters. The van der Waals surface area contributed by atoms with Crippen molar-refractivity contribution in [3.05, 3.63) is 47.3 Å². The average Bonchev–Trinajstić information content (AvgIpc) is 3.14. The lowest BCUT2D eigenvalue weighted by Gasteiger charge is -2.26. The molecule has 140 valence electrons. The van der Waals surface area contributed by atoms with E-state index in [-0.39, 0.29) is 28.7 Å². The van der Waals surface area contributed by atoms with Crippen LogP contribution in [0.1, 0.15) is 31.2 Å². The van der Waals surface area contributed by atoms with Gasteiger partial charge in [-0.05, 0) is 54.8 Å². The third kappa shape index (κ3) is 5.06. The van der Waals surface area contributed by atoms with Gasteiger partial charge in [0, 0.05) is 11.7 Å². The van der Waals surface area contributed by atoms with Crippen molar-refractivity contribution in [3.8, 4) is 0 Å². The van der Waals surface area contributed by atoms with Crippen molar-refractivity contribution in [1.29, 1.82) is 0 Å². The third-order valence-corrected chi connectivity index (χ3v) is 7.17. The van der Waals surface area contributed by atoms with Gasteiger partial charge in [0.25, 0.3) is 10.0 Å². The zero-order valence-corrected chi connectivity index (χ0v) is 15.9. The number of carbonyl (C=O) groups excluding carboxylic acids is 1. The van der Waals surface area contributed by atoms with Crippen LogP contribution in [0, 0.1) is 0 Å². The summed E-state index contributed by atoms with van der Waals surface area (Å²) < 4.78 is 27.2. The second-order valence-electron chi connectivity index (χ2n) is 6.48. The van der Waals surface area contributed by atoms with Gasteiger partial charge in [0.05, 0.1) is 12.5 Å². The molecule has 0 radical (unpaired) electrons. The number of amides is 1. The topological polar surface area (TPSA) is 95.5 Å². The number of aliphatic hydroxyl groups excluding tert-OH is 1. The van der Waals surface area contributed by atoms with Crippen LogP contribution in [-0.2, 0) is 21.2 Å². The maximum atomic E-state index is 12.2. The first kappa shape index (κ1) is 18.9. The first-order valence-corrected chi connectivity index (χ1v) is 10.9. The smallest absolute Gasteiger partial charge is 0.271 e. The molecule has 26 heavy (non-hydrogen) atoms.